The second kappa shape index (κ2) is 5.62. The molecule has 3 heterocycles. The number of aromatic nitrogens is 2. The summed E-state index contributed by atoms with van der Waals surface area (Å²) in [7, 11) is -3.12. The van der Waals surface area contributed by atoms with Crippen LogP contribution in [-0.4, -0.2) is 48.1 Å². The molecule has 2 aliphatic rings. The Hall–Kier alpha value is -1.05. The van der Waals surface area contributed by atoms with E-state index in [-0.39, 0.29) is 5.92 Å². The summed E-state index contributed by atoms with van der Waals surface area (Å²) >= 11 is 0. The zero-order valence-corrected chi connectivity index (χ0v) is 13.4. The molecule has 1 aromatic rings. The third kappa shape index (κ3) is 3.09. The standard InChI is InChI=1S/C14H22N4O2S/c1-10-6-13-12(7-15-10)14(17-9-16-13)11-4-3-5-18(8-11)21(2,19)20/h9-11,15H,3-8H2,1-2H3/t10-,11+/m1/s1. The number of hydrogen-bond acceptors (Lipinski definition) is 5. The highest BCUT2D eigenvalue weighted by Crippen LogP contribution is 2.31. The van der Waals surface area contributed by atoms with E-state index in [0.717, 1.165) is 37.2 Å². The molecule has 6 nitrogen and oxygen atoms in total. The highest BCUT2D eigenvalue weighted by Gasteiger charge is 2.30. The summed E-state index contributed by atoms with van der Waals surface area (Å²) in [4.78, 5) is 8.89. The van der Waals surface area contributed by atoms with Crippen molar-refractivity contribution in [3.8, 4) is 0 Å². The van der Waals surface area contributed by atoms with Crippen molar-refractivity contribution >= 4 is 10.0 Å². The first-order valence-corrected chi connectivity index (χ1v) is 9.31. The first-order chi connectivity index (χ1) is 9.95. The van der Waals surface area contributed by atoms with Crippen LogP contribution in [0.5, 0.6) is 0 Å². The van der Waals surface area contributed by atoms with Crippen LogP contribution in [0.15, 0.2) is 6.33 Å². The highest BCUT2D eigenvalue weighted by atomic mass is 32.2. The van der Waals surface area contributed by atoms with E-state index in [2.05, 4.69) is 22.2 Å². The van der Waals surface area contributed by atoms with Crippen LogP contribution in [0.1, 0.15) is 42.6 Å². The molecular formula is C14H22N4O2S. The first-order valence-electron chi connectivity index (χ1n) is 7.46. The maximum atomic E-state index is 11.8. The van der Waals surface area contributed by atoms with E-state index in [1.807, 2.05) is 0 Å². The molecule has 0 bridgehead atoms. The summed E-state index contributed by atoms with van der Waals surface area (Å²) in [6.07, 6.45) is 5.71. The molecule has 0 amide bonds. The molecule has 0 aliphatic carbocycles. The lowest BCUT2D eigenvalue weighted by atomic mass is 9.89. The lowest BCUT2D eigenvalue weighted by Crippen LogP contribution is -2.40. The molecule has 0 saturated carbocycles. The Bertz CT molecular complexity index is 632. The molecule has 1 saturated heterocycles. The molecule has 1 N–H and O–H groups in total. The van der Waals surface area contributed by atoms with Crippen molar-refractivity contribution in [2.75, 3.05) is 19.3 Å². The number of hydrogen-bond donors (Lipinski definition) is 1. The number of piperidine rings is 1. The molecule has 116 valence electrons. The fourth-order valence-corrected chi connectivity index (χ4v) is 4.20. The lowest BCUT2D eigenvalue weighted by Gasteiger charge is -2.33. The van der Waals surface area contributed by atoms with Crippen LogP contribution in [-0.2, 0) is 23.0 Å². The van der Waals surface area contributed by atoms with Gasteiger partial charge in [0.05, 0.1) is 17.6 Å². The predicted octanol–water partition coefficient (Wildman–Crippen LogP) is 0.650. The fourth-order valence-electron chi connectivity index (χ4n) is 3.29. The van der Waals surface area contributed by atoms with Crippen LogP contribution in [0.25, 0.3) is 0 Å². The van der Waals surface area contributed by atoms with E-state index in [4.69, 9.17) is 0 Å². The third-order valence-electron chi connectivity index (χ3n) is 4.43. The van der Waals surface area contributed by atoms with Crippen LogP contribution >= 0.6 is 0 Å². The summed E-state index contributed by atoms with van der Waals surface area (Å²) in [5.41, 5.74) is 3.33. The Balaban J connectivity index is 1.89. The molecule has 0 radical (unpaired) electrons. The molecule has 1 aromatic heterocycles. The Labute approximate surface area is 126 Å². The summed E-state index contributed by atoms with van der Waals surface area (Å²) in [5, 5.41) is 3.45. The molecule has 0 aromatic carbocycles. The van der Waals surface area contributed by atoms with Gasteiger partial charge in [-0.1, -0.05) is 0 Å². The van der Waals surface area contributed by atoms with Crippen molar-refractivity contribution in [1.29, 1.82) is 0 Å². The SMILES string of the molecule is C[C@@H]1Cc2ncnc([C@H]3CCCN(S(C)(=O)=O)C3)c2CN1. The second-order valence-electron chi connectivity index (χ2n) is 6.13. The van der Waals surface area contributed by atoms with Gasteiger partial charge in [-0.15, -0.1) is 0 Å². The van der Waals surface area contributed by atoms with Crippen molar-refractivity contribution in [1.82, 2.24) is 19.6 Å². The first kappa shape index (κ1) is 14.9. The maximum absolute atomic E-state index is 11.8. The maximum Gasteiger partial charge on any atom is 0.211 e. The normalized spacial score (nSPS) is 27.3. The predicted molar refractivity (Wildman–Crippen MR) is 80.4 cm³/mol. The van der Waals surface area contributed by atoms with Crippen molar-refractivity contribution in [2.24, 2.45) is 0 Å². The highest BCUT2D eigenvalue weighted by molar-refractivity contribution is 7.88. The van der Waals surface area contributed by atoms with Crippen LogP contribution in [0.2, 0.25) is 0 Å². The van der Waals surface area contributed by atoms with Crippen molar-refractivity contribution < 1.29 is 8.42 Å². The van der Waals surface area contributed by atoms with Gasteiger partial charge in [0.2, 0.25) is 10.0 Å². The molecule has 2 aliphatic heterocycles. The molecule has 0 spiro atoms. The number of sulfonamides is 1. The molecular weight excluding hydrogens is 288 g/mol. The topological polar surface area (TPSA) is 75.2 Å². The summed E-state index contributed by atoms with van der Waals surface area (Å²) in [5.74, 6) is 0.181. The molecule has 1 fully saturated rings. The summed E-state index contributed by atoms with van der Waals surface area (Å²) < 4.78 is 25.1. The number of nitrogens with zero attached hydrogens (tertiary/aromatic N) is 3. The average Bonchev–Trinajstić information content (AvgIpc) is 2.45. The van der Waals surface area contributed by atoms with Crippen LogP contribution in [0.4, 0.5) is 0 Å². The Kier molecular flexibility index (Phi) is 3.98. The Morgan fingerprint density at radius 3 is 2.95 bits per heavy atom. The summed E-state index contributed by atoms with van der Waals surface area (Å²) in [6, 6.07) is 0.430. The molecule has 21 heavy (non-hydrogen) atoms. The van der Waals surface area contributed by atoms with E-state index < -0.39 is 10.0 Å². The van der Waals surface area contributed by atoms with Gasteiger partial charge in [-0.3, -0.25) is 0 Å². The zero-order chi connectivity index (χ0) is 15.0. The monoisotopic (exact) mass is 310 g/mol. The number of nitrogens with one attached hydrogen (secondary N) is 1. The zero-order valence-electron chi connectivity index (χ0n) is 12.5. The Morgan fingerprint density at radius 1 is 1.38 bits per heavy atom. The van der Waals surface area contributed by atoms with Gasteiger partial charge in [0, 0.05) is 43.6 Å². The van der Waals surface area contributed by atoms with Gasteiger partial charge in [-0.05, 0) is 19.8 Å². The van der Waals surface area contributed by atoms with Gasteiger partial charge in [-0.2, -0.15) is 0 Å². The van der Waals surface area contributed by atoms with Gasteiger partial charge >= 0.3 is 0 Å². The second-order valence-corrected chi connectivity index (χ2v) is 8.11. The van der Waals surface area contributed by atoms with E-state index in [1.165, 1.54) is 11.8 Å². The van der Waals surface area contributed by atoms with Crippen molar-refractivity contribution in [3.63, 3.8) is 0 Å². The minimum atomic E-state index is -3.12. The third-order valence-corrected chi connectivity index (χ3v) is 5.70. The number of rotatable bonds is 2. The van der Waals surface area contributed by atoms with Gasteiger partial charge < -0.3 is 5.32 Å². The lowest BCUT2D eigenvalue weighted by molar-refractivity contribution is 0.312. The Morgan fingerprint density at radius 2 is 2.19 bits per heavy atom. The van der Waals surface area contributed by atoms with Crippen molar-refractivity contribution in [2.45, 2.75) is 44.7 Å². The van der Waals surface area contributed by atoms with Gasteiger partial charge in [0.25, 0.3) is 0 Å². The summed E-state index contributed by atoms with van der Waals surface area (Å²) in [6.45, 7) is 4.09. The van der Waals surface area contributed by atoms with E-state index in [1.54, 1.807) is 10.6 Å². The quantitative estimate of drug-likeness (QED) is 0.868. The largest absolute Gasteiger partial charge is 0.310 e. The van der Waals surface area contributed by atoms with Crippen LogP contribution in [0.3, 0.4) is 0 Å². The molecule has 0 unspecified atom stereocenters. The van der Waals surface area contributed by atoms with Crippen LogP contribution in [0, 0.1) is 0 Å². The molecule has 7 heteroatoms. The van der Waals surface area contributed by atoms with E-state index >= 15 is 0 Å². The van der Waals surface area contributed by atoms with Gasteiger partial charge in [-0.25, -0.2) is 22.7 Å². The molecule has 3 rings (SSSR count). The fraction of sp³-hybridized carbons (Fsp3) is 0.714. The number of fused-ring (bicyclic) bond motifs is 1. The average molecular weight is 310 g/mol. The van der Waals surface area contributed by atoms with Gasteiger partial charge in [0.15, 0.2) is 0 Å². The van der Waals surface area contributed by atoms with E-state index in [9.17, 15) is 8.42 Å². The minimum Gasteiger partial charge on any atom is -0.310 e. The molecule has 2 atom stereocenters. The van der Waals surface area contributed by atoms with Crippen molar-refractivity contribution in [3.05, 3.63) is 23.3 Å². The smallest absolute Gasteiger partial charge is 0.211 e. The van der Waals surface area contributed by atoms with Gasteiger partial charge in [0.1, 0.15) is 6.33 Å². The van der Waals surface area contributed by atoms with E-state index in [0.29, 0.717) is 19.1 Å². The minimum absolute atomic E-state index is 0.181. The van der Waals surface area contributed by atoms with Crippen LogP contribution < -0.4 is 5.32 Å².